The van der Waals surface area contributed by atoms with Crippen LogP contribution in [0.4, 0.5) is 0 Å². The number of hydrogen-bond donors (Lipinski definition) is 4. The molecule has 16 heavy (non-hydrogen) atoms. The van der Waals surface area contributed by atoms with Crippen LogP contribution >= 0.6 is 0 Å². The molecule has 0 rings (SSSR count). The van der Waals surface area contributed by atoms with Gasteiger partial charge in [-0.2, -0.15) is 0 Å². The average molecular weight is 319 g/mol. The molecule has 0 spiro atoms. The van der Waals surface area contributed by atoms with Crippen molar-refractivity contribution in [2.45, 2.75) is 33.9 Å². The van der Waals surface area contributed by atoms with Crippen LogP contribution in [0.3, 0.4) is 0 Å². The van der Waals surface area contributed by atoms with E-state index in [0.29, 0.717) is 0 Å². The van der Waals surface area contributed by atoms with E-state index in [9.17, 15) is 0 Å². The monoisotopic (exact) mass is 317 g/mol. The molecule has 0 amide bonds. The van der Waals surface area contributed by atoms with E-state index < -0.39 is 0 Å². The Morgan fingerprint density at radius 2 is 0.938 bits per heavy atom. The Hall–Kier alpha value is 0.683. The molecule has 0 heterocycles. The van der Waals surface area contributed by atoms with Crippen LogP contribution in [-0.4, -0.2) is 65.5 Å². The first kappa shape index (κ1) is 30.1. The van der Waals surface area contributed by atoms with Crippen molar-refractivity contribution in [3.63, 3.8) is 0 Å². The second-order valence-corrected chi connectivity index (χ2v) is 2.54. The summed E-state index contributed by atoms with van der Waals surface area (Å²) >= 11 is 0. The molecule has 0 aromatic heterocycles. The Labute approximate surface area is 119 Å². The molecule has 4 N–H and O–H groups in total. The molecule has 0 saturated carbocycles. The summed E-state index contributed by atoms with van der Waals surface area (Å²) in [6, 6.07) is 0. The van der Waals surface area contributed by atoms with Crippen molar-refractivity contribution < 1.29 is 46.6 Å². The van der Waals surface area contributed by atoms with Crippen molar-refractivity contribution in [3.8, 4) is 0 Å². The van der Waals surface area contributed by atoms with Gasteiger partial charge in [-0.3, -0.25) is 4.90 Å². The molecule has 6 heteroatoms. The molecule has 1 atom stereocenters. The summed E-state index contributed by atoms with van der Waals surface area (Å²) < 4.78 is 0. The summed E-state index contributed by atoms with van der Waals surface area (Å²) in [5.41, 5.74) is 0. The predicted molar refractivity (Wildman–Crippen MR) is 63.6 cm³/mol. The number of aliphatic hydroxyl groups is 4. The molecular weight excluding hydrogens is 289 g/mol. The van der Waals surface area contributed by atoms with Crippen molar-refractivity contribution in [3.05, 3.63) is 0 Å². The molecule has 102 valence electrons. The first-order chi connectivity index (χ1) is 6.89. The van der Waals surface area contributed by atoms with Crippen LogP contribution in [-0.2, 0) is 26.2 Å². The second-order valence-electron chi connectivity index (χ2n) is 2.54. The van der Waals surface area contributed by atoms with E-state index >= 15 is 0 Å². The van der Waals surface area contributed by atoms with Crippen LogP contribution in [0.5, 0.6) is 0 Å². The Morgan fingerprint density at radius 3 is 0.938 bits per heavy atom. The number of aliphatic hydroxyl groups excluding tert-OH is 4. The van der Waals surface area contributed by atoms with E-state index in [1.807, 2.05) is 14.1 Å². The Balaban J connectivity index is -0.0000000353. The normalized spacial score (nSPS) is 9.19. The van der Waals surface area contributed by atoms with Gasteiger partial charge in [-0.15, -0.1) is 0 Å². The van der Waals surface area contributed by atoms with Crippen molar-refractivity contribution in [1.82, 2.24) is 4.90 Å². The smallest absolute Gasteiger partial charge is 0.104 e. The number of hydrogen-bond acceptors (Lipinski definition) is 5. The molecule has 0 radical (unpaired) electrons. The van der Waals surface area contributed by atoms with Gasteiger partial charge in [-0.1, -0.05) is 0 Å². The van der Waals surface area contributed by atoms with Gasteiger partial charge in [0, 0.05) is 46.0 Å². The zero-order valence-corrected chi connectivity index (χ0v) is 13.9. The molecule has 0 aliphatic rings. The van der Waals surface area contributed by atoms with E-state index in [-0.39, 0.29) is 52.3 Å². The van der Waals surface area contributed by atoms with Gasteiger partial charge in [0.2, 0.25) is 0 Å². The van der Waals surface area contributed by atoms with E-state index in [4.69, 9.17) is 20.4 Å². The molecular formula is C10H29NO4Zr. The van der Waals surface area contributed by atoms with Gasteiger partial charge in [0.25, 0.3) is 0 Å². The first-order valence-electron chi connectivity index (χ1n) is 5.06. The molecule has 0 aromatic rings. The van der Waals surface area contributed by atoms with Crippen LogP contribution in [0.1, 0.15) is 27.7 Å². The second kappa shape index (κ2) is 36.1. The van der Waals surface area contributed by atoms with Crippen molar-refractivity contribution >= 4 is 0 Å². The summed E-state index contributed by atoms with van der Waals surface area (Å²) in [7, 11) is 3.65. The van der Waals surface area contributed by atoms with Gasteiger partial charge >= 0.3 is 0 Å². The zero-order valence-electron chi connectivity index (χ0n) is 11.4. The Kier molecular flexibility index (Phi) is 67.8. The van der Waals surface area contributed by atoms with Crippen molar-refractivity contribution in [1.29, 1.82) is 0 Å². The molecule has 5 nitrogen and oxygen atoms in total. The SMILES string of the molecule is CC(O)N(C)C.CCO.CCO.CCO.[Zr]. The van der Waals surface area contributed by atoms with Gasteiger partial charge in [-0.05, 0) is 41.8 Å². The quantitative estimate of drug-likeness (QED) is 0.507. The Bertz CT molecular complexity index is 65.1. The molecule has 0 fully saturated rings. The van der Waals surface area contributed by atoms with Gasteiger partial charge in [-0.25, -0.2) is 0 Å². The fourth-order valence-electron chi connectivity index (χ4n) is 0. The van der Waals surface area contributed by atoms with Crippen molar-refractivity contribution in [2.75, 3.05) is 33.9 Å². The molecule has 1 unspecified atom stereocenters. The molecule has 0 saturated heterocycles. The topological polar surface area (TPSA) is 84.2 Å². The fraction of sp³-hybridized carbons (Fsp3) is 1.00. The number of nitrogens with zero attached hydrogens (tertiary/aromatic N) is 1. The van der Waals surface area contributed by atoms with Crippen molar-refractivity contribution in [2.24, 2.45) is 0 Å². The van der Waals surface area contributed by atoms with E-state index in [1.54, 1.807) is 32.6 Å². The Morgan fingerprint density at radius 1 is 0.875 bits per heavy atom. The van der Waals surface area contributed by atoms with Gasteiger partial charge < -0.3 is 20.4 Å². The average Bonchev–Trinajstić information content (AvgIpc) is 2.07. The fourth-order valence-corrected chi connectivity index (χ4v) is 0. The van der Waals surface area contributed by atoms with E-state index in [1.165, 1.54) is 0 Å². The molecule has 0 bridgehead atoms. The van der Waals surface area contributed by atoms with Gasteiger partial charge in [0.05, 0.1) is 0 Å². The maximum Gasteiger partial charge on any atom is 0.104 e. The summed E-state index contributed by atoms with van der Waals surface area (Å²) in [4.78, 5) is 1.72. The summed E-state index contributed by atoms with van der Waals surface area (Å²) in [5.74, 6) is 0. The van der Waals surface area contributed by atoms with Crippen LogP contribution in [0, 0.1) is 0 Å². The standard InChI is InChI=1S/C4H11NO.3C2H6O.Zr/c1-4(6)5(2)3;3*1-2-3;/h4,6H,1-3H3;3*3H,2H2,1H3;. The molecule has 0 aromatic carbocycles. The van der Waals surface area contributed by atoms with E-state index in [0.717, 1.165) is 0 Å². The third kappa shape index (κ3) is 125. The largest absolute Gasteiger partial charge is 0.397 e. The summed E-state index contributed by atoms with van der Waals surface area (Å²) in [6.45, 7) is 7.51. The van der Waals surface area contributed by atoms with Crippen LogP contribution in [0.15, 0.2) is 0 Å². The van der Waals surface area contributed by atoms with Gasteiger partial charge in [0.1, 0.15) is 6.23 Å². The minimum atomic E-state index is -0.315. The minimum Gasteiger partial charge on any atom is -0.397 e. The van der Waals surface area contributed by atoms with E-state index in [2.05, 4.69) is 0 Å². The molecule has 0 aliphatic carbocycles. The predicted octanol–water partition coefficient (Wildman–Crippen LogP) is -0.120. The minimum absolute atomic E-state index is 0. The van der Waals surface area contributed by atoms with Gasteiger partial charge in [0.15, 0.2) is 0 Å². The number of rotatable bonds is 1. The first-order valence-corrected chi connectivity index (χ1v) is 5.06. The maximum atomic E-state index is 8.56. The third-order valence-corrected chi connectivity index (χ3v) is 0.747. The third-order valence-electron chi connectivity index (χ3n) is 0.747. The maximum absolute atomic E-state index is 8.56. The summed E-state index contributed by atoms with van der Waals surface area (Å²) in [5, 5.41) is 31.3. The zero-order chi connectivity index (χ0) is 13.3. The van der Waals surface area contributed by atoms with Crippen LogP contribution in [0.25, 0.3) is 0 Å². The van der Waals surface area contributed by atoms with Crippen LogP contribution < -0.4 is 0 Å². The summed E-state index contributed by atoms with van der Waals surface area (Å²) in [6.07, 6.45) is -0.315. The van der Waals surface area contributed by atoms with Crippen LogP contribution in [0.2, 0.25) is 0 Å². The molecule has 0 aliphatic heterocycles.